The molecule has 88 valence electrons. The zero-order valence-electron chi connectivity index (χ0n) is 10.2. The fourth-order valence-electron chi connectivity index (χ4n) is 2.45. The Morgan fingerprint density at radius 3 is 2.82 bits per heavy atom. The fourth-order valence-corrected chi connectivity index (χ4v) is 2.45. The van der Waals surface area contributed by atoms with E-state index in [4.69, 9.17) is 0 Å². The van der Waals surface area contributed by atoms with E-state index in [1.165, 1.54) is 10.6 Å². The summed E-state index contributed by atoms with van der Waals surface area (Å²) in [4.78, 5) is 11.1. The Kier molecular flexibility index (Phi) is 2.84. The monoisotopic (exact) mass is 228 g/mol. The van der Waals surface area contributed by atoms with E-state index >= 15 is 0 Å². The summed E-state index contributed by atoms with van der Waals surface area (Å²) in [7, 11) is 0. The Labute approximate surface area is 101 Å². The van der Waals surface area contributed by atoms with Crippen molar-refractivity contribution < 1.29 is 0 Å². The van der Waals surface area contributed by atoms with Crippen molar-refractivity contribution in [1.29, 1.82) is 0 Å². The van der Waals surface area contributed by atoms with Crippen molar-refractivity contribution >= 4 is 11.3 Å². The van der Waals surface area contributed by atoms with Crippen LogP contribution in [0.5, 0.6) is 0 Å². The first kappa shape index (κ1) is 11.6. The van der Waals surface area contributed by atoms with Crippen LogP contribution in [0.4, 0.5) is 5.69 Å². The molecular formula is C14H16N2O. The average Bonchev–Trinajstić information content (AvgIpc) is 2.29. The van der Waals surface area contributed by atoms with Gasteiger partial charge in [0, 0.05) is 5.56 Å². The van der Waals surface area contributed by atoms with Gasteiger partial charge < -0.3 is 0 Å². The molecule has 17 heavy (non-hydrogen) atoms. The number of para-hydroxylation sites is 1. The second-order valence-corrected chi connectivity index (χ2v) is 4.59. The first-order valence-electron chi connectivity index (χ1n) is 5.65. The molecule has 0 spiro atoms. The van der Waals surface area contributed by atoms with Crippen LogP contribution in [-0.2, 0) is 0 Å². The van der Waals surface area contributed by atoms with Crippen LogP contribution < -0.4 is 5.01 Å². The summed E-state index contributed by atoms with van der Waals surface area (Å²) < 4.78 is 0. The largest absolute Gasteiger partial charge is 0.219 e. The molecule has 1 heterocycles. The molecule has 0 amide bonds. The SMILES string of the molecule is C=CCC1(C)C=C(C)c2ccccc2N1N=O. The summed E-state index contributed by atoms with van der Waals surface area (Å²) in [5.74, 6) is 0. The van der Waals surface area contributed by atoms with Crippen molar-refractivity contribution in [2.75, 3.05) is 5.01 Å². The predicted octanol–water partition coefficient (Wildman–Crippen LogP) is 3.93. The van der Waals surface area contributed by atoms with E-state index in [1.807, 2.05) is 37.3 Å². The number of fused-ring (bicyclic) bond motifs is 1. The van der Waals surface area contributed by atoms with Crippen LogP contribution in [-0.4, -0.2) is 5.54 Å². The topological polar surface area (TPSA) is 32.7 Å². The van der Waals surface area contributed by atoms with Crippen molar-refractivity contribution in [1.82, 2.24) is 0 Å². The van der Waals surface area contributed by atoms with Crippen molar-refractivity contribution in [3.63, 3.8) is 0 Å². The number of hydrogen-bond donors (Lipinski definition) is 0. The summed E-state index contributed by atoms with van der Waals surface area (Å²) in [6.45, 7) is 7.80. The van der Waals surface area contributed by atoms with Crippen molar-refractivity contribution in [3.8, 4) is 0 Å². The summed E-state index contributed by atoms with van der Waals surface area (Å²) in [6, 6.07) is 7.82. The third-order valence-corrected chi connectivity index (χ3v) is 3.21. The molecule has 1 atom stereocenters. The lowest BCUT2D eigenvalue weighted by Crippen LogP contribution is -2.43. The van der Waals surface area contributed by atoms with Gasteiger partial charge in [0.2, 0.25) is 0 Å². The zero-order chi connectivity index (χ0) is 12.5. The molecule has 1 aliphatic heterocycles. The van der Waals surface area contributed by atoms with Crippen LogP contribution in [0.15, 0.2) is 48.3 Å². The number of rotatable bonds is 3. The van der Waals surface area contributed by atoms with Gasteiger partial charge in [0.05, 0.1) is 16.5 Å². The Morgan fingerprint density at radius 1 is 1.47 bits per heavy atom. The molecule has 0 N–H and O–H groups in total. The highest BCUT2D eigenvalue weighted by Gasteiger charge is 2.35. The minimum Gasteiger partial charge on any atom is -0.219 e. The highest BCUT2D eigenvalue weighted by molar-refractivity contribution is 5.80. The fraction of sp³-hybridized carbons (Fsp3) is 0.286. The third-order valence-electron chi connectivity index (χ3n) is 3.21. The van der Waals surface area contributed by atoms with Gasteiger partial charge in [-0.2, -0.15) is 0 Å². The van der Waals surface area contributed by atoms with E-state index in [1.54, 1.807) is 0 Å². The molecule has 0 saturated heterocycles. The summed E-state index contributed by atoms with van der Waals surface area (Å²) in [6.07, 6.45) is 4.58. The molecule has 0 radical (unpaired) electrons. The number of nitroso groups, excluding NO2 is 1. The quantitative estimate of drug-likeness (QED) is 0.580. The lowest BCUT2D eigenvalue weighted by molar-refractivity contribution is 0.524. The van der Waals surface area contributed by atoms with Gasteiger partial charge in [0.1, 0.15) is 0 Å². The molecule has 0 saturated carbocycles. The van der Waals surface area contributed by atoms with Gasteiger partial charge in [-0.3, -0.25) is 0 Å². The van der Waals surface area contributed by atoms with E-state index in [-0.39, 0.29) is 0 Å². The summed E-state index contributed by atoms with van der Waals surface area (Å²) >= 11 is 0. The van der Waals surface area contributed by atoms with E-state index in [2.05, 4.69) is 24.9 Å². The minimum absolute atomic E-state index is 0.415. The Balaban J connectivity index is 2.60. The molecule has 0 bridgehead atoms. The highest BCUT2D eigenvalue weighted by Crippen LogP contribution is 2.40. The van der Waals surface area contributed by atoms with Crippen LogP contribution in [0, 0.1) is 4.91 Å². The first-order valence-corrected chi connectivity index (χ1v) is 5.65. The standard InChI is InChI=1S/C14H16N2O/c1-4-9-14(3)10-11(2)12-7-5-6-8-13(12)16(14)15-17/h4-8,10H,1,9H2,2-3H3. The molecule has 0 fully saturated rings. The molecule has 3 heteroatoms. The Bertz CT molecular complexity index is 493. The van der Waals surface area contributed by atoms with Crippen molar-refractivity contribution in [2.24, 2.45) is 5.29 Å². The number of nitrogens with zero attached hydrogens (tertiary/aromatic N) is 2. The van der Waals surface area contributed by atoms with E-state index < -0.39 is 5.54 Å². The van der Waals surface area contributed by atoms with Crippen LogP contribution in [0.1, 0.15) is 25.8 Å². The number of allylic oxidation sites excluding steroid dienone is 1. The molecule has 0 aromatic heterocycles. The van der Waals surface area contributed by atoms with E-state index in [0.29, 0.717) is 6.42 Å². The lowest BCUT2D eigenvalue weighted by Gasteiger charge is -2.39. The number of benzene rings is 1. The van der Waals surface area contributed by atoms with Crippen molar-refractivity contribution in [2.45, 2.75) is 25.8 Å². The molecule has 2 rings (SSSR count). The van der Waals surface area contributed by atoms with Gasteiger partial charge in [0.25, 0.3) is 0 Å². The van der Waals surface area contributed by atoms with Gasteiger partial charge in [-0.25, -0.2) is 5.01 Å². The van der Waals surface area contributed by atoms with Crippen molar-refractivity contribution in [3.05, 3.63) is 53.5 Å². The van der Waals surface area contributed by atoms with Gasteiger partial charge in [-0.05, 0) is 31.9 Å². The van der Waals surface area contributed by atoms with Crippen LogP contribution >= 0.6 is 0 Å². The highest BCUT2D eigenvalue weighted by atomic mass is 16.3. The van der Waals surface area contributed by atoms with Crippen LogP contribution in [0.25, 0.3) is 5.57 Å². The second-order valence-electron chi connectivity index (χ2n) is 4.59. The van der Waals surface area contributed by atoms with Crippen LogP contribution in [0.3, 0.4) is 0 Å². The Hall–Kier alpha value is -1.90. The minimum atomic E-state index is -0.415. The van der Waals surface area contributed by atoms with E-state index in [0.717, 1.165) is 11.3 Å². The maximum Gasteiger partial charge on any atom is 0.0858 e. The molecular weight excluding hydrogens is 212 g/mol. The number of anilines is 1. The third kappa shape index (κ3) is 1.78. The van der Waals surface area contributed by atoms with Crippen LogP contribution in [0.2, 0.25) is 0 Å². The lowest BCUT2D eigenvalue weighted by atomic mass is 9.87. The van der Waals surface area contributed by atoms with E-state index in [9.17, 15) is 4.91 Å². The second kappa shape index (κ2) is 4.17. The summed E-state index contributed by atoms with van der Waals surface area (Å²) in [5.41, 5.74) is 2.69. The summed E-state index contributed by atoms with van der Waals surface area (Å²) in [5, 5.41) is 4.72. The molecule has 0 aliphatic carbocycles. The Morgan fingerprint density at radius 2 is 2.18 bits per heavy atom. The molecule has 1 aromatic rings. The van der Waals surface area contributed by atoms with Gasteiger partial charge in [-0.15, -0.1) is 11.5 Å². The first-order chi connectivity index (χ1) is 8.12. The van der Waals surface area contributed by atoms with Gasteiger partial charge in [0.15, 0.2) is 0 Å². The number of hydrogen-bond acceptors (Lipinski definition) is 2. The molecule has 1 aromatic carbocycles. The molecule has 3 nitrogen and oxygen atoms in total. The van der Waals surface area contributed by atoms with Gasteiger partial charge in [-0.1, -0.05) is 30.4 Å². The maximum absolute atomic E-state index is 11.1. The van der Waals surface area contributed by atoms with Gasteiger partial charge >= 0.3 is 0 Å². The normalized spacial score (nSPS) is 22.7. The average molecular weight is 228 g/mol. The smallest absolute Gasteiger partial charge is 0.0858 e. The maximum atomic E-state index is 11.1. The predicted molar refractivity (Wildman–Crippen MR) is 71.6 cm³/mol. The molecule has 1 unspecified atom stereocenters. The molecule has 1 aliphatic rings. The zero-order valence-corrected chi connectivity index (χ0v) is 10.2.